The molecule has 29 heavy (non-hydrogen) atoms. The Balaban J connectivity index is 1.64. The molecule has 0 saturated carbocycles. The van der Waals surface area contributed by atoms with E-state index in [4.69, 9.17) is 9.56 Å². The van der Waals surface area contributed by atoms with Gasteiger partial charge in [0.05, 0.1) is 26.5 Å². The van der Waals surface area contributed by atoms with E-state index in [9.17, 15) is 8.42 Å². The summed E-state index contributed by atoms with van der Waals surface area (Å²) in [6.07, 6.45) is 0.932. The Bertz CT molecular complexity index is 1260. The molecule has 0 bridgehead atoms. The molecule has 4 rings (SSSR count). The summed E-state index contributed by atoms with van der Waals surface area (Å²) in [6.45, 7) is 4.78. The third-order valence-electron chi connectivity index (χ3n) is 4.42. The van der Waals surface area contributed by atoms with Crippen molar-refractivity contribution < 1.29 is 12.8 Å². The quantitative estimate of drug-likeness (QED) is 0.420. The molecular formula is C19H20N4O3S3. The number of nitrogens with zero attached hydrogens (tertiary/aromatic N) is 3. The Kier molecular flexibility index (Phi) is 5.52. The molecule has 0 radical (unpaired) electrons. The molecule has 152 valence electrons. The number of nitrogens with two attached hydrogens (primary N) is 1. The van der Waals surface area contributed by atoms with Crippen LogP contribution >= 0.6 is 23.1 Å². The molecule has 0 fully saturated rings. The standard InChI is InChI=1S/C19H20N4O3S3/c1-3-8-23-16-7-6-13(29(20,24)25)10-14(16)22-19(23)28-11-15-12(2)26-18(21-15)17-5-4-9-27-17/h4-7,9-10H,3,8,11H2,1-2H3,(H2,20,24,25). The van der Waals surface area contributed by atoms with Crippen LogP contribution in [0.25, 0.3) is 21.8 Å². The number of sulfonamides is 1. The number of primary sulfonamides is 1. The number of imidazole rings is 1. The largest absolute Gasteiger partial charge is 0.440 e. The summed E-state index contributed by atoms with van der Waals surface area (Å²) in [5.74, 6) is 2.03. The molecule has 0 atom stereocenters. The Labute approximate surface area is 177 Å². The molecule has 3 heterocycles. The van der Waals surface area contributed by atoms with Crippen LogP contribution in [-0.2, 0) is 22.3 Å². The number of thiophene rings is 1. The third kappa shape index (κ3) is 4.11. The normalized spacial score (nSPS) is 12.1. The number of aromatic nitrogens is 3. The van der Waals surface area contributed by atoms with Crippen LogP contribution in [0.2, 0.25) is 0 Å². The fraction of sp³-hybridized carbons (Fsp3) is 0.263. The number of aryl methyl sites for hydroxylation is 2. The molecule has 0 spiro atoms. The number of hydrogen-bond acceptors (Lipinski definition) is 7. The number of rotatable bonds is 7. The zero-order chi connectivity index (χ0) is 20.6. The predicted octanol–water partition coefficient (Wildman–Crippen LogP) is 4.41. The minimum atomic E-state index is -3.77. The van der Waals surface area contributed by atoms with E-state index in [0.29, 0.717) is 17.2 Å². The smallest absolute Gasteiger partial charge is 0.238 e. The maximum absolute atomic E-state index is 11.7. The van der Waals surface area contributed by atoms with Crippen LogP contribution in [0.15, 0.2) is 50.2 Å². The van der Waals surface area contributed by atoms with Crippen molar-refractivity contribution in [3.05, 3.63) is 47.2 Å². The maximum atomic E-state index is 11.7. The molecule has 0 aliphatic heterocycles. The van der Waals surface area contributed by atoms with Crippen LogP contribution in [0.3, 0.4) is 0 Å². The van der Waals surface area contributed by atoms with Gasteiger partial charge in [0.2, 0.25) is 15.9 Å². The van der Waals surface area contributed by atoms with Gasteiger partial charge in [-0.25, -0.2) is 23.5 Å². The molecule has 10 heteroatoms. The molecule has 0 amide bonds. The number of hydrogen-bond donors (Lipinski definition) is 1. The van der Waals surface area contributed by atoms with E-state index in [-0.39, 0.29) is 4.90 Å². The van der Waals surface area contributed by atoms with Crippen LogP contribution in [0.1, 0.15) is 24.8 Å². The zero-order valence-electron chi connectivity index (χ0n) is 16.0. The van der Waals surface area contributed by atoms with Gasteiger partial charge in [-0.1, -0.05) is 24.8 Å². The first-order valence-corrected chi connectivity index (χ1v) is 12.4. The van der Waals surface area contributed by atoms with Gasteiger partial charge in [0.1, 0.15) is 5.76 Å². The SMILES string of the molecule is CCCn1c(SCc2nc(-c3cccs3)oc2C)nc2cc(S(N)(=O)=O)ccc21. The maximum Gasteiger partial charge on any atom is 0.238 e. The fourth-order valence-electron chi connectivity index (χ4n) is 3.01. The van der Waals surface area contributed by atoms with Crippen LogP contribution in [0, 0.1) is 6.92 Å². The average molecular weight is 449 g/mol. The molecule has 4 aromatic rings. The van der Waals surface area contributed by atoms with Gasteiger partial charge in [0.15, 0.2) is 5.16 Å². The van der Waals surface area contributed by atoms with Crippen LogP contribution < -0.4 is 5.14 Å². The van der Waals surface area contributed by atoms with Crippen LogP contribution in [-0.4, -0.2) is 23.0 Å². The van der Waals surface area contributed by atoms with Gasteiger partial charge in [0, 0.05) is 12.3 Å². The highest BCUT2D eigenvalue weighted by Gasteiger charge is 2.17. The van der Waals surface area contributed by atoms with E-state index in [1.54, 1.807) is 29.2 Å². The van der Waals surface area contributed by atoms with Crippen LogP contribution in [0.5, 0.6) is 0 Å². The lowest BCUT2D eigenvalue weighted by molar-refractivity contribution is 0.542. The van der Waals surface area contributed by atoms with Gasteiger partial charge in [-0.3, -0.25) is 0 Å². The van der Waals surface area contributed by atoms with Gasteiger partial charge in [-0.15, -0.1) is 11.3 Å². The van der Waals surface area contributed by atoms with Crippen molar-refractivity contribution in [3.8, 4) is 10.8 Å². The summed E-state index contributed by atoms with van der Waals surface area (Å²) in [6, 6.07) is 8.76. The van der Waals surface area contributed by atoms with Crippen LogP contribution in [0.4, 0.5) is 0 Å². The van der Waals surface area contributed by atoms with Gasteiger partial charge in [-0.05, 0) is 43.0 Å². The van der Waals surface area contributed by atoms with Gasteiger partial charge >= 0.3 is 0 Å². The van der Waals surface area contributed by atoms with Crippen molar-refractivity contribution in [3.63, 3.8) is 0 Å². The van der Waals surface area contributed by atoms with E-state index in [1.807, 2.05) is 24.4 Å². The van der Waals surface area contributed by atoms with Gasteiger partial charge in [-0.2, -0.15) is 0 Å². The zero-order valence-corrected chi connectivity index (χ0v) is 18.4. The molecule has 0 saturated heterocycles. The lowest BCUT2D eigenvalue weighted by atomic mass is 10.3. The van der Waals surface area contributed by atoms with Crippen molar-refractivity contribution in [1.29, 1.82) is 0 Å². The Morgan fingerprint density at radius 1 is 1.28 bits per heavy atom. The van der Waals surface area contributed by atoms with E-state index < -0.39 is 10.0 Å². The van der Waals surface area contributed by atoms with Gasteiger partial charge in [0.25, 0.3) is 0 Å². The van der Waals surface area contributed by atoms with E-state index in [1.165, 1.54) is 12.1 Å². The molecule has 0 aliphatic carbocycles. The highest BCUT2D eigenvalue weighted by atomic mass is 32.2. The summed E-state index contributed by atoms with van der Waals surface area (Å²) >= 11 is 3.14. The van der Waals surface area contributed by atoms with E-state index >= 15 is 0 Å². The Morgan fingerprint density at radius 3 is 2.79 bits per heavy atom. The highest BCUT2D eigenvalue weighted by molar-refractivity contribution is 7.98. The van der Waals surface area contributed by atoms with Crippen molar-refractivity contribution in [2.45, 2.75) is 42.6 Å². The fourth-order valence-corrected chi connectivity index (χ4v) is 5.24. The highest BCUT2D eigenvalue weighted by Crippen LogP contribution is 2.31. The first-order chi connectivity index (χ1) is 13.9. The van der Waals surface area contributed by atoms with E-state index in [0.717, 1.165) is 40.0 Å². The van der Waals surface area contributed by atoms with Crippen molar-refractivity contribution >= 4 is 44.2 Å². The first kappa shape index (κ1) is 20.1. The molecule has 7 nitrogen and oxygen atoms in total. The lowest BCUT2D eigenvalue weighted by Crippen LogP contribution is -2.11. The number of thioether (sulfide) groups is 1. The van der Waals surface area contributed by atoms with Crippen molar-refractivity contribution in [1.82, 2.24) is 14.5 Å². The number of fused-ring (bicyclic) bond motifs is 1. The Hall–Kier alpha value is -2.14. The number of benzene rings is 1. The third-order valence-corrected chi connectivity index (χ3v) is 7.18. The lowest BCUT2D eigenvalue weighted by Gasteiger charge is -2.07. The monoisotopic (exact) mass is 448 g/mol. The summed E-state index contributed by atoms with van der Waals surface area (Å²) in [4.78, 5) is 10.4. The number of oxazole rings is 1. The molecule has 1 aromatic carbocycles. The van der Waals surface area contributed by atoms with Gasteiger partial charge < -0.3 is 8.98 Å². The summed E-state index contributed by atoms with van der Waals surface area (Å²) < 4.78 is 31.2. The minimum absolute atomic E-state index is 0.0654. The topological polar surface area (TPSA) is 104 Å². The second-order valence-corrected chi connectivity index (χ2v) is 9.98. The van der Waals surface area contributed by atoms with E-state index in [2.05, 4.69) is 21.5 Å². The molecule has 0 unspecified atom stereocenters. The molecular weight excluding hydrogens is 428 g/mol. The second kappa shape index (κ2) is 7.94. The summed E-state index contributed by atoms with van der Waals surface area (Å²) in [5, 5.41) is 8.07. The summed E-state index contributed by atoms with van der Waals surface area (Å²) in [5.41, 5.74) is 2.38. The summed E-state index contributed by atoms with van der Waals surface area (Å²) in [7, 11) is -3.77. The molecule has 0 aliphatic rings. The van der Waals surface area contributed by atoms with Crippen molar-refractivity contribution in [2.75, 3.05) is 0 Å². The van der Waals surface area contributed by atoms with Crippen molar-refractivity contribution in [2.24, 2.45) is 5.14 Å². The first-order valence-electron chi connectivity index (χ1n) is 9.03. The molecule has 2 N–H and O–H groups in total. The molecule has 3 aromatic heterocycles. The minimum Gasteiger partial charge on any atom is -0.440 e. The second-order valence-electron chi connectivity index (χ2n) is 6.53. The predicted molar refractivity (Wildman–Crippen MR) is 116 cm³/mol. The Morgan fingerprint density at radius 2 is 2.10 bits per heavy atom. The average Bonchev–Trinajstić information content (AvgIpc) is 3.39.